The molecule has 1 aliphatic carbocycles. The number of ether oxygens (including phenoxy) is 1. The van der Waals surface area contributed by atoms with Crippen molar-refractivity contribution in [2.24, 2.45) is 17.8 Å². The summed E-state index contributed by atoms with van der Waals surface area (Å²) in [5, 5.41) is 17.3. The number of hydrogen-bond donors (Lipinski definition) is 4. The number of methoxy groups -OCH3 is 1. The highest BCUT2D eigenvalue weighted by Crippen LogP contribution is 2.41. The molecule has 4 atom stereocenters. The number of nitrogens with zero attached hydrogens (tertiary/aromatic N) is 2. The minimum Gasteiger partial charge on any atom is -0.454 e. The molecule has 0 aliphatic heterocycles. The van der Waals surface area contributed by atoms with Crippen molar-refractivity contribution >= 4 is 34.3 Å². The fourth-order valence-corrected chi connectivity index (χ4v) is 4.87. The van der Waals surface area contributed by atoms with Gasteiger partial charge in [-0.1, -0.05) is 25.4 Å². The number of rotatable bonds is 8. The van der Waals surface area contributed by atoms with Gasteiger partial charge in [0.15, 0.2) is 5.58 Å². The number of nitrogens with one attached hydrogen (secondary N) is 3. The summed E-state index contributed by atoms with van der Waals surface area (Å²) in [7, 11) is 1.63. The summed E-state index contributed by atoms with van der Waals surface area (Å²) in [5.41, 5.74) is 1.55. The minimum absolute atomic E-state index is 0.0985. The van der Waals surface area contributed by atoms with E-state index in [9.17, 15) is 9.90 Å². The molecule has 4 unspecified atom stereocenters. The van der Waals surface area contributed by atoms with E-state index in [-0.39, 0.29) is 29.3 Å². The van der Waals surface area contributed by atoms with Crippen molar-refractivity contribution in [3.8, 4) is 11.3 Å². The van der Waals surface area contributed by atoms with Gasteiger partial charge in [0, 0.05) is 37.8 Å². The lowest BCUT2D eigenvalue weighted by Gasteiger charge is -2.22. The van der Waals surface area contributed by atoms with Crippen molar-refractivity contribution in [1.82, 2.24) is 15.0 Å². The zero-order valence-corrected chi connectivity index (χ0v) is 20.0. The average molecular weight is 476 g/mol. The summed E-state index contributed by atoms with van der Waals surface area (Å²) >= 11 is 6.66. The summed E-state index contributed by atoms with van der Waals surface area (Å²) in [6.07, 6.45) is 0.820. The standard InChI is InChI=1S/C23H30ClN5O4/c1-11-12(2)16(7-15(11)10-30)27-22-19(21(24)28-23(29-22)25-5-6-32-4)17-8-14-9-18(31)26-13(3)20(14)33-17/h8-9,11-12,15-16,30H,5-7,10H2,1-4H3,(H,26,31)(H2,25,27,28,29). The van der Waals surface area contributed by atoms with Crippen molar-refractivity contribution in [3.63, 3.8) is 0 Å². The SMILES string of the molecule is COCCNc1nc(Cl)c(-c2cc3cc(=O)[nH]c(C)c3o2)c(NC2CC(CO)C(C)C2C)n1. The van der Waals surface area contributed by atoms with Crippen molar-refractivity contribution < 1.29 is 14.3 Å². The Bertz CT molecular complexity index is 1190. The zero-order chi connectivity index (χ0) is 23.7. The Balaban J connectivity index is 1.77. The summed E-state index contributed by atoms with van der Waals surface area (Å²) < 4.78 is 11.2. The van der Waals surface area contributed by atoms with E-state index in [4.69, 9.17) is 25.7 Å². The molecule has 33 heavy (non-hydrogen) atoms. The molecule has 0 spiro atoms. The van der Waals surface area contributed by atoms with Crippen LogP contribution in [0.2, 0.25) is 5.15 Å². The lowest BCUT2D eigenvalue weighted by atomic mass is 9.92. The fourth-order valence-electron chi connectivity index (χ4n) is 4.61. The second-order valence-electron chi connectivity index (χ2n) is 8.78. The van der Waals surface area contributed by atoms with Gasteiger partial charge in [0.05, 0.1) is 17.9 Å². The van der Waals surface area contributed by atoms with Crippen LogP contribution in [0.3, 0.4) is 0 Å². The van der Waals surface area contributed by atoms with Gasteiger partial charge in [-0.2, -0.15) is 4.98 Å². The molecule has 9 nitrogen and oxygen atoms in total. The Labute approximate surface area is 196 Å². The maximum Gasteiger partial charge on any atom is 0.248 e. The first-order valence-corrected chi connectivity index (χ1v) is 11.5. The number of aliphatic hydroxyl groups is 1. The third kappa shape index (κ3) is 4.71. The van der Waals surface area contributed by atoms with Crippen LogP contribution in [0.1, 0.15) is 26.0 Å². The number of H-pyrrole nitrogens is 1. The zero-order valence-electron chi connectivity index (χ0n) is 19.2. The van der Waals surface area contributed by atoms with Gasteiger partial charge in [0.1, 0.15) is 16.7 Å². The monoisotopic (exact) mass is 475 g/mol. The van der Waals surface area contributed by atoms with Gasteiger partial charge >= 0.3 is 0 Å². The summed E-state index contributed by atoms with van der Waals surface area (Å²) in [6.45, 7) is 7.31. The van der Waals surface area contributed by atoms with Gasteiger partial charge in [-0.05, 0) is 37.2 Å². The molecule has 4 N–H and O–H groups in total. The molecule has 0 bridgehead atoms. The number of hydrogen-bond acceptors (Lipinski definition) is 8. The lowest BCUT2D eigenvalue weighted by Crippen LogP contribution is -2.25. The normalized spacial score (nSPS) is 22.7. The first-order chi connectivity index (χ1) is 15.8. The van der Waals surface area contributed by atoms with E-state index in [0.29, 0.717) is 64.7 Å². The molecule has 3 aromatic rings. The maximum atomic E-state index is 11.9. The Morgan fingerprint density at radius 3 is 2.79 bits per heavy atom. The van der Waals surface area contributed by atoms with Crippen LogP contribution in [0.25, 0.3) is 22.3 Å². The number of aromatic amines is 1. The Hall–Kier alpha value is -2.62. The van der Waals surface area contributed by atoms with E-state index in [1.807, 2.05) is 0 Å². The largest absolute Gasteiger partial charge is 0.454 e. The molecule has 0 aromatic carbocycles. The number of aryl methyl sites for hydroxylation is 1. The predicted molar refractivity (Wildman–Crippen MR) is 129 cm³/mol. The van der Waals surface area contributed by atoms with E-state index in [2.05, 4.69) is 34.4 Å². The van der Waals surface area contributed by atoms with Crippen molar-refractivity contribution in [1.29, 1.82) is 0 Å². The quantitative estimate of drug-likeness (QED) is 0.287. The Morgan fingerprint density at radius 2 is 2.09 bits per heavy atom. The molecule has 0 amide bonds. The number of pyridine rings is 1. The molecule has 3 heterocycles. The predicted octanol–water partition coefficient (Wildman–Crippen LogP) is 3.66. The highest BCUT2D eigenvalue weighted by molar-refractivity contribution is 6.32. The maximum absolute atomic E-state index is 11.9. The number of anilines is 2. The van der Waals surface area contributed by atoms with Crippen LogP contribution in [0.5, 0.6) is 0 Å². The molecule has 1 fully saturated rings. The van der Waals surface area contributed by atoms with E-state index in [1.165, 1.54) is 6.07 Å². The Kier molecular flexibility index (Phi) is 6.92. The van der Waals surface area contributed by atoms with E-state index < -0.39 is 0 Å². The van der Waals surface area contributed by atoms with Crippen LogP contribution in [0, 0.1) is 24.7 Å². The van der Waals surface area contributed by atoms with Gasteiger partial charge in [-0.25, -0.2) is 4.98 Å². The third-order valence-corrected chi connectivity index (χ3v) is 6.99. The third-order valence-electron chi connectivity index (χ3n) is 6.72. The Morgan fingerprint density at radius 1 is 1.30 bits per heavy atom. The molecular weight excluding hydrogens is 446 g/mol. The molecule has 0 radical (unpaired) electrons. The molecule has 0 saturated heterocycles. The first-order valence-electron chi connectivity index (χ1n) is 11.1. The molecule has 4 rings (SSSR count). The van der Waals surface area contributed by atoms with Crippen LogP contribution in [-0.4, -0.2) is 53.0 Å². The molecule has 178 valence electrons. The molecule has 1 aliphatic rings. The summed E-state index contributed by atoms with van der Waals surface area (Å²) in [4.78, 5) is 23.8. The van der Waals surface area contributed by atoms with E-state index >= 15 is 0 Å². The first kappa shape index (κ1) is 23.5. The van der Waals surface area contributed by atoms with Crippen LogP contribution in [-0.2, 0) is 4.74 Å². The molecule has 10 heteroatoms. The minimum atomic E-state index is -0.199. The van der Waals surface area contributed by atoms with E-state index in [0.717, 1.165) is 6.42 Å². The highest BCUT2D eigenvalue weighted by Gasteiger charge is 2.38. The average Bonchev–Trinajstić information content (AvgIpc) is 3.30. The smallest absolute Gasteiger partial charge is 0.248 e. The fraction of sp³-hybridized carbons (Fsp3) is 0.522. The van der Waals surface area contributed by atoms with Gasteiger partial charge < -0.3 is 29.9 Å². The van der Waals surface area contributed by atoms with Crippen LogP contribution >= 0.6 is 11.6 Å². The summed E-state index contributed by atoms with van der Waals surface area (Å²) in [5.74, 6) is 2.30. The van der Waals surface area contributed by atoms with Gasteiger partial charge in [-0.15, -0.1) is 0 Å². The number of furan rings is 1. The van der Waals surface area contributed by atoms with Gasteiger partial charge in [0.25, 0.3) is 0 Å². The topological polar surface area (TPSA) is 125 Å². The second kappa shape index (κ2) is 9.70. The number of halogens is 1. The molecule has 1 saturated carbocycles. The van der Waals surface area contributed by atoms with Crippen molar-refractivity contribution in [3.05, 3.63) is 33.3 Å². The highest BCUT2D eigenvalue weighted by atomic mass is 35.5. The molecule has 3 aromatic heterocycles. The van der Waals surface area contributed by atoms with Gasteiger partial charge in [0.2, 0.25) is 11.5 Å². The van der Waals surface area contributed by atoms with Crippen LogP contribution in [0.15, 0.2) is 21.3 Å². The van der Waals surface area contributed by atoms with Crippen molar-refractivity contribution in [2.45, 2.75) is 33.2 Å². The van der Waals surface area contributed by atoms with Gasteiger partial charge in [-0.3, -0.25) is 4.79 Å². The van der Waals surface area contributed by atoms with E-state index in [1.54, 1.807) is 20.1 Å². The number of fused-ring (bicyclic) bond motifs is 1. The van der Waals surface area contributed by atoms with Crippen LogP contribution in [0.4, 0.5) is 11.8 Å². The van der Waals surface area contributed by atoms with Crippen molar-refractivity contribution in [2.75, 3.05) is 37.5 Å². The lowest BCUT2D eigenvalue weighted by molar-refractivity contribution is 0.191. The number of aliphatic hydroxyl groups excluding tert-OH is 1. The second-order valence-corrected chi connectivity index (χ2v) is 9.14. The molecular formula is C23H30ClN5O4. The summed E-state index contributed by atoms with van der Waals surface area (Å²) in [6, 6.07) is 3.37. The number of aromatic nitrogens is 3. The van der Waals surface area contributed by atoms with Crippen LogP contribution < -0.4 is 16.2 Å².